The fourth-order valence-corrected chi connectivity index (χ4v) is 2.59. The zero-order valence-electron chi connectivity index (χ0n) is 10.1. The highest BCUT2D eigenvalue weighted by atomic mass is 16.4. The van der Waals surface area contributed by atoms with Crippen LogP contribution < -0.4 is 0 Å². The number of carboxylic acid groups (broad SMARTS) is 1. The summed E-state index contributed by atoms with van der Waals surface area (Å²) in [5.41, 5.74) is 0. The van der Waals surface area contributed by atoms with Gasteiger partial charge in [-0.1, -0.05) is 6.92 Å². The molecule has 1 fully saturated rings. The van der Waals surface area contributed by atoms with Crippen LogP contribution in [-0.4, -0.2) is 44.9 Å². The standard InChI is InChI=1S/C12H19N3O2/c1-10-4-2-6-14(11(10)12(16)17)8-9-15-7-3-5-13-15/h3,5,7,10-11H,2,4,6,8-9H2,1H3,(H,16,17). The van der Waals surface area contributed by atoms with Crippen molar-refractivity contribution in [1.29, 1.82) is 0 Å². The highest BCUT2D eigenvalue weighted by Crippen LogP contribution is 2.23. The molecule has 5 nitrogen and oxygen atoms in total. The fraction of sp³-hybridized carbons (Fsp3) is 0.667. The van der Waals surface area contributed by atoms with Crippen LogP contribution in [0.4, 0.5) is 0 Å². The van der Waals surface area contributed by atoms with Crippen molar-refractivity contribution in [3.05, 3.63) is 18.5 Å². The summed E-state index contributed by atoms with van der Waals surface area (Å²) in [5.74, 6) is -0.462. The lowest BCUT2D eigenvalue weighted by Crippen LogP contribution is -2.50. The Balaban J connectivity index is 1.95. The molecule has 2 unspecified atom stereocenters. The van der Waals surface area contributed by atoms with Crippen LogP contribution in [0.2, 0.25) is 0 Å². The molecule has 0 saturated carbocycles. The van der Waals surface area contributed by atoms with E-state index in [2.05, 4.69) is 10.00 Å². The second-order valence-electron chi connectivity index (χ2n) is 4.71. The maximum Gasteiger partial charge on any atom is 0.321 e. The summed E-state index contributed by atoms with van der Waals surface area (Å²) in [5, 5.41) is 13.4. The summed E-state index contributed by atoms with van der Waals surface area (Å²) in [6.07, 6.45) is 5.75. The third-order valence-electron chi connectivity index (χ3n) is 3.47. The van der Waals surface area contributed by atoms with Crippen molar-refractivity contribution in [2.24, 2.45) is 5.92 Å². The number of hydrogen-bond acceptors (Lipinski definition) is 3. The van der Waals surface area contributed by atoms with Gasteiger partial charge in [-0.3, -0.25) is 14.4 Å². The van der Waals surface area contributed by atoms with E-state index < -0.39 is 5.97 Å². The Kier molecular flexibility index (Phi) is 3.78. The summed E-state index contributed by atoms with van der Waals surface area (Å²) in [7, 11) is 0. The molecule has 0 aliphatic carbocycles. The lowest BCUT2D eigenvalue weighted by atomic mass is 9.91. The number of nitrogens with zero attached hydrogens (tertiary/aromatic N) is 3. The number of carbonyl (C=O) groups is 1. The molecule has 5 heteroatoms. The normalized spacial score (nSPS) is 25.9. The molecular formula is C12H19N3O2. The minimum atomic E-state index is -0.697. The average Bonchev–Trinajstić information content (AvgIpc) is 2.78. The smallest absolute Gasteiger partial charge is 0.321 e. The van der Waals surface area contributed by atoms with Crippen molar-refractivity contribution >= 4 is 5.97 Å². The van der Waals surface area contributed by atoms with Crippen LogP contribution in [0.3, 0.4) is 0 Å². The SMILES string of the molecule is CC1CCCN(CCn2cccn2)C1C(=O)O. The van der Waals surface area contributed by atoms with Gasteiger partial charge in [0.1, 0.15) is 6.04 Å². The van der Waals surface area contributed by atoms with E-state index in [1.54, 1.807) is 6.20 Å². The van der Waals surface area contributed by atoms with Crippen molar-refractivity contribution in [1.82, 2.24) is 14.7 Å². The van der Waals surface area contributed by atoms with Crippen LogP contribution in [0.15, 0.2) is 18.5 Å². The molecule has 17 heavy (non-hydrogen) atoms. The van der Waals surface area contributed by atoms with E-state index in [0.717, 1.165) is 32.5 Å². The Morgan fingerprint density at radius 3 is 3.00 bits per heavy atom. The topological polar surface area (TPSA) is 58.4 Å². The molecule has 1 aliphatic rings. The quantitative estimate of drug-likeness (QED) is 0.851. The molecule has 0 amide bonds. The van der Waals surface area contributed by atoms with Gasteiger partial charge >= 0.3 is 5.97 Å². The molecule has 2 atom stereocenters. The van der Waals surface area contributed by atoms with Crippen LogP contribution >= 0.6 is 0 Å². The largest absolute Gasteiger partial charge is 0.480 e. The molecule has 94 valence electrons. The number of aromatic nitrogens is 2. The summed E-state index contributed by atoms with van der Waals surface area (Å²) in [4.78, 5) is 13.3. The van der Waals surface area contributed by atoms with E-state index in [1.807, 2.05) is 23.9 Å². The summed E-state index contributed by atoms with van der Waals surface area (Å²) < 4.78 is 1.85. The number of carboxylic acids is 1. The molecule has 2 heterocycles. The van der Waals surface area contributed by atoms with E-state index in [-0.39, 0.29) is 12.0 Å². The molecule has 0 aromatic carbocycles. The number of rotatable bonds is 4. The number of piperidine rings is 1. The molecule has 0 spiro atoms. The Hall–Kier alpha value is -1.36. The second-order valence-corrected chi connectivity index (χ2v) is 4.71. The lowest BCUT2D eigenvalue weighted by molar-refractivity contribution is -0.146. The van der Waals surface area contributed by atoms with Crippen LogP contribution in [0.5, 0.6) is 0 Å². The minimum Gasteiger partial charge on any atom is -0.480 e. The van der Waals surface area contributed by atoms with Crippen LogP contribution in [0.25, 0.3) is 0 Å². The maximum atomic E-state index is 11.3. The Morgan fingerprint density at radius 1 is 1.53 bits per heavy atom. The highest BCUT2D eigenvalue weighted by Gasteiger charge is 2.33. The molecule has 1 aromatic rings. The Labute approximate surface area is 101 Å². The molecule has 1 aromatic heterocycles. The monoisotopic (exact) mass is 237 g/mol. The first-order chi connectivity index (χ1) is 8.18. The zero-order chi connectivity index (χ0) is 12.3. The first-order valence-corrected chi connectivity index (χ1v) is 6.13. The molecule has 0 radical (unpaired) electrons. The van der Waals surface area contributed by atoms with E-state index in [0.29, 0.717) is 0 Å². The maximum absolute atomic E-state index is 11.3. The number of hydrogen-bond donors (Lipinski definition) is 1. The van der Waals surface area contributed by atoms with E-state index >= 15 is 0 Å². The predicted molar refractivity (Wildman–Crippen MR) is 63.6 cm³/mol. The van der Waals surface area contributed by atoms with Crippen molar-refractivity contribution < 1.29 is 9.90 Å². The minimum absolute atomic E-state index is 0.235. The summed E-state index contributed by atoms with van der Waals surface area (Å²) >= 11 is 0. The first-order valence-electron chi connectivity index (χ1n) is 6.13. The van der Waals surface area contributed by atoms with Gasteiger partial charge in [-0.2, -0.15) is 5.10 Å². The van der Waals surface area contributed by atoms with Gasteiger partial charge in [0.15, 0.2) is 0 Å². The Morgan fingerprint density at radius 2 is 2.35 bits per heavy atom. The summed E-state index contributed by atoms with van der Waals surface area (Å²) in [6, 6.07) is 1.55. The molecule has 0 bridgehead atoms. The van der Waals surface area contributed by atoms with Gasteiger partial charge in [-0.15, -0.1) is 0 Å². The highest BCUT2D eigenvalue weighted by molar-refractivity contribution is 5.74. The van der Waals surface area contributed by atoms with Gasteiger partial charge < -0.3 is 5.11 Å². The summed E-state index contributed by atoms with van der Waals surface area (Å²) in [6.45, 7) is 4.41. The van der Waals surface area contributed by atoms with Gasteiger partial charge in [-0.05, 0) is 31.4 Å². The first kappa shape index (κ1) is 12.1. The number of likely N-dealkylation sites (tertiary alicyclic amines) is 1. The van der Waals surface area contributed by atoms with Crippen LogP contribution in [0.1, 0.15) is 19.8 Å². The van der Waals surface area contributed by atoms with Gasteiger partial charge in [0.25, 0.3) is 0 Å². The van der Waals surface area contributed by atoms with E-state index in [9.17, 15) is 9.90 Å². The van der Waals surface area contributed by atoms with Crippen molar-refractivity contribution in [2.45, 2.75) is 32.4 Å². The van der Waals surface area contributed by atoms with Crippen molar-refractivity contribution in [2.75, 3.05) is 13.1 Å². The third kappa shape index (κ3) is 2.85. The third-order valence-corrected chi connectivity index (χ3v) is 3.47. The Bertz CT molecular complexity index is 364. The lowest BCUT2D eigenvalue weighted by Gasteiger charge is -2.37. The second kappa shape index (κ2) is 5.31. The molecular weight excluding hydrogens is 218 g/mol. The van der Waals surface area contributed by atoms with Gasteiger partial charge in [0.2, 0.25) is 0 Å². The zero-order valence-corrected chi connectivity index (χ0v) is 10.1. The molecule has 2 rings (SSSR count). The van der Waals surface area contributed by atoms with Gasteiger partial charge in [-0.25, -0.2) is 0 Å². The van der Waals surface area contributed by atoms with E-state index in [1.165, 1.54) is 0 Å². The molecule has 1 aliphatic heterocycles. The van der Waals surface area contributed by atoms with Gasteiger partial charge in [0, 0.05) is 18.9 Å². The van der Waals surface area contributed by atoms with Crippen molar-refractivity contribution in [3.8, 4) is 0 Å². The number of aliphatic carboxylic acids is 1. The molecule has 1 N–H and O–H groups in total. The fourth-order valence-electron chi connectivity index (χ4n) is 2.59. The van der Waals surface area contributed by atoms with Gasteiger partial charge in [0.05, 0.1) is 6.54 Å². The molecule has 1 saturated heterocycles. The van der Waals surface area contributed by atoms with Crippen LogP contribution in [0, 0.1) is 5.92 Å². The average molecular weight is 237 g/mol. The van der Waals surface area contributed by atoms with Crippen molar-refractivity contribution in [3.63, 3.8) is 0 Å². The predicted octanol–water partition coefficient (Wildman–Crippen LogP) is 1.07. The van der Waals surface area contributed by atoms with Crippen LogP contribution in [-0.2, 0) is 11.3 Å². The van der Waals surface area contributed by atoms with E-state index in [4.69, 9.17) is 0 Å².